The quantitative estimate of drug-likeness (QED) is 0.489. The Morgan fingerprint density at radius 3 is 2.29 bits per heavy atom. The lowest BCUT2D eigenvalue weighted by Gasteiger charge is -2.11. The molecule has 31 heavy (non-hydrogen) atoms. The number of rotatable bonds is 4. The van der Waals surface area contributed by atoms with E-state index >= 15 is 0 Å². The van der Waals surface area contributed by atoms with Crippen molar-refractivity contribution in [1.29, 1.82) is 0 Å². The van der Waals surface area contributed by atoms with E-state index in [2.05, 4.69) is 10.3 Å². The van der Waals surface area contributed by atoms with Gasteiger partial charge in [-0.3, -0.25) is 0 Å². The van der Waals surface area contributed by atoms with Gasteiger partial charge in [0.25, 0.3) is 0 Å². The number of methoxy groups -OCH3 is 1. The lowest BCUT2D eigenvalue weighted by atomic mass is 10.2. The van der Waals surface area contributed by atoms with Gasteiger partial charge in [0.1, 0.15) is 5.75 Å². The summed E-state index contributed by atoms with van der Waals surface area (Å²) >= 11 is 0. The summed E-state index contributed by atoms with van der Waals surface area (Å²) in [5.74, 6) is 0.792. The first-order valence-electron chi connectivity index (χ1n) is 9.70. The van der Waals surface area contributed by atoms with Crippen molar-refractivity contribution in [3.63, 3.8) is 0 Å². The molecule has 0 aliphatic rings. The molecule has 0 amide bonds. The van der Waals surface area contributed by atoms with E-state index in [4.69, 9.17) is 4.74 Å². The lowest BCUT2D eigenvalue weighted by Crippen LogP contribution is -2.26. The number of nitrogens with one attached hydrogen (secondary N) is 1. The molecule has 0 unspecified atom stereocenters. The Labute approximate surface area is 176 Å². The van der Waals surface area contributed by atoms with Crippen molar-refractivity contribution in [2.24, 2.45) is 0 Å². The molecule has 2 heterocycles. The summed E-state index contributed by atoms with van der Waals surface area (Å²) < 4.78 is 9.01. The first-order valence-corrected chi connectivity index (χ1v) is 9.70. The van der Waals surface area contributed by atoms with Crippen molar-refractivity contribution in [1.82, 2.24) is 18.6 Å². The van der Waals surface area contributed by atoms with Gasteiger partial charge < -0.3 is 10.1 Å². The number of hydrogen-bond donors (Lipinski definition) is 1. The number of para-hydroxylation sites is 1. The highest BCUT2D eigenvalue weighted by Crippen LogP contribution is 2.21. The third-order valence-electron chi connectivity index (χ3n) is 5.10. The number of benzene rings is 3. The zero-order valence-corrected chi connectivity index (χ0v) is 16.9. The molecule has 154 valence electrons. The second-order valence-electron chi connectivity index (χ2n) is 7.14. The van der Waals surface area contributed by atoms with Crippen molar-refractivity contribution in [3.8, 4) is 11.4 Å². The molecule has 0 aliphatic heterocycles. The van der Waals surface area contributed by atoms with Gasteiger partial charge in [-0.25, -0.2) is 19.1 Å². The summed E-state index contributed by atoms with van der Waals surface area (Å²) in [6.07, 6.45) is 0. The Balaban J connectivity index is 1.87. The molecule has 1 N–H and O–H groups in total. The molecule has 5 aromatic rings. The lowest BCUT2D eigenvalue weighted by molar-refractivity contribution is 0.415. The standard InChI is InChI=1S/C23H19N5O3/c1-15-8-10-16(11-9-15)24-21-25-19-13-12-18(31-2)14-20(19)27-22(29)26(23(30)28(21)27)17-6-4-3-5-7-17/h3-14H,1-2H3,(H,24,25). The Hall–Kier alpha value is -4.33. The van der Waals surface area contributed by atoms with Gasteiger partial charge in [0, 0.05) is 11.8 Å². The first kappa shape index (κ1) is 18.7. The van der Waals surface area contributed by atoms with Crippen LogP contribution in [0.1, 0.15) is 5.56 Å². The molecule has 0 aliphatic carbocycles. The number of nitrogens with zero attached hydrogens (tertiary/aromatic N) is 4. The third-order valence-corrected chi connectivity index (χ3v) is 5.10. The fraction of sp³-hybridized carbons (Fsp3) is 0.0870. The van der Waals surface area contributed by atoms with Crippen molar-refractivity contribution < 1.29 is 4.74 Å². The fourth-order valence-electron chi connectivity index (χ4n) is 3.54. The maximum absolute atomic E-state index is 13.4. The van der Waals surface area contributed by atoms with Crippen molar-refractivity contribution in [2.75, 3.05) is 12.4 Å². The van der Waals surface area contributed by atoms with Gasteiger partial charge in [0.15, 0.2) is 0 Å². The summed E-state index contributed by atoms with van der Waals surface area (Å²) in [4.78, 5) is 31.5. The predicted octanol–water partition coefficient (Wildman–Crippen LogP) is 3.16. The number of anilines is 2. The zero-order chi connectivity index (χ0) is 21.5. The van der Waals surface area contributed by atoms with Crippen LogP contribution < -0.4 is 21.4 Å². The molecular weight excluding hydrogens is 394 g/mol. The van der Waals surface area contributed by atoms with Crippen LogP contribution in [0.4, 0.5) is 11.6 Å². The molecule has 8 nitrogen and oxygen atoms in total. The number of fused-ring (bicyclic) bond motifs is 3. The highest BCUT2D eigenvalue weighted by Gasteiger charge is 2.19. The van der Waals surface area contributed by atoms with E-state index in [1.807, 2.05) is 37.3 Å². The van der Waals surface area contributed by atoms with Crippen molar-refractivity contribution >= 4 is 22.7 Å². The van der Waals surface area contributed by atoms with E-state index in [1.54, 1.807) is 49.6 Å². The van der Waals surface area contributed by atoms with Crippen LogP contribution in [0.15, 0.2) is 82.4 Å². The van der Waals surface area contributed by atoms with Gasteiger partial charge >= 0.3 is 11.4 Å². The summed E-state index contributed by atoms with van der Waals surface area (Å²) in [5, 5.41) is 3.18. The molecule has 0 atom stereocenters. The number of aryl methyl sites for hydroxylation is 1. The van der Waals surface area contributed by atoms with Crippen molar-refractivity contribution in [3.05, 3.63) is 99.3 Å². The van der Waals surface area contributed by atoms with Crippen LogP contribution in [0, 0.1) is 6.92 Å². The number of hydrogen-bond acceptors (Lipinski definition) is 5. The van der Waals surface area contributed by atoms with Crippen LogP contribution in [0.2, 0.25) is 0 Å². The summed E-state index contributed by atoms with van der Waals surface area (Å²) in [6.45, 7) is 1.99. The van der Waals surface area contributed by atoms with Crippen LogP contribution in [-0.2, 0) is 0 Å². The maximum Gasteiger partial charge on any atom is 0.359 e. The van der Waals surface area contributed by atoms with E-state index in [9.17, 15) is 9.59 Å². The Morgan fingerprint density at radius 2 is 1.58 bits per heavy atom. The molecule has 0 spiro atoms. The van der Waals surface area contributed by atoms with Gasteiger partial charge in [-0.2, -0.15) is 9.03 Å². The van der Waals surface area contributed by atoms with Gasteiger partial charge in [-0.15, -0.1) is 0 Å². The van der Waals surface area contributed by atoms with Crippen LogP contribution in [0.25, 0.3) is 16.7 Å². The Bertz CT molecular complexity index is 1530. The topological polar surface area (TPSA) is 82.0 Å². The van der Waals surface area contributed by atoms with Gasteiger partial charge in [-0.1, -0.05) is 35.9 Å². The number of aromatic nitrogens is 4. The largest absolute Gasteiger partial charge is 0.497 e. The Morgan fingerprint density at radius 1 is 0.871 bits per heavy atom. The molecule has 0 radical (unpaired) electrons. The van der Waals surface area contributed by atoms with Crippen LogP contribution >= 0.6 is 0 Å². The minimum atomic E-state index is -0.525. The smallest absolute Gasteiger partial charge is 0.359 e. The predicted molar refractivity (Wildman–Crippen MR) is 119 cm³/mol. The molecule has 8 heteroatoms. The molecular formula is C23H19N5O3. The Kier molecular flexibility index (Phi) is 4.32. The third kappa shape index (κ3) is 3.05. The monoisotopic (exact) mass is 413 g/mol. The van der Waals surface area contributed by atoms with Crippen molar-refractivity contribution in [2.45, 2.75) is 6.92 Å². The molecule has 0 bridgehead atoms. The summed E-state index contributed by atoms with van der Waals surface area (Å²) in [5.41, 5.74) is 2.32. The molecule has 0 fully saturated rings. The van der Waals surface area contributed by atoms with E-state index in [-0.39, 0.29) is 5.95 Å². The summed E-state index contributed by atoms with van der Waals surface area (Å²) in [6, 6.07) is 21.7. The van der Waals surface area contributed by atoms with Crippen LogP contribution in [0.3, 0.4) is 0 Å². The normalized spacial score (nSPS) is 11.2. The second kappa shape index (κ2) is 7.17. The molecule has 3 aromatic carbocycles. The minimum Gasteiger partial charge on any atom is -0.497 e. The van der Waals surface area contributed by atoms with Crippen LogP contribution in [0.5, 0.6) is 5.75 Å². The van der Waals surface area contributed by atoms with Gasteiger partial charge in [0.05, 0.1) is 23.8 Å². The highest BCUT2D eigenvalue weighted by molar-refractivity contribution is 5.77. The van der Waals surface area contributed by atoms with E-state index < -0.39 is 11.4 Å². The average Bonchev–Trinajstić information content (AvgIpc) is 3.06. The van der Waals surface area contributed by atoms with Crippen LogP contribution in [-0.4, -0.2) is 25.7 Å². The molecule has 0 saturated carbocycles. The van der Waals surface area contributed by atoms with E-state index in [1.165, 1.54) is 9.03 Å². The summed E-state index contributed by atoms with van der Waals surface area (Å²) in [7, 11) is 1.54. The van der Waals surface area contributed by atoms with Gasteiger partial charge in [-0.05, 0) is 43.3 Å². The number of ether oxygens (including phenoxy) is 1. The first-order chi connectivity index (χ1) is 15.1. The highest BCUT2D eigenvalue weighted by atomic mass is 16.5. The van der Waals surface area contributed by atoms with Gasteiger partial charge in [0.2, 0.25) is 5.95 Å². The molecule has 0 saturated heterocycles. The second-order valence-corrected chi connectivity index (χ2v) is 7.14. The molecule has 5 rings (SSSR count). The zero-order valence-electron chi connectivity index (χ0n) is 16.9. The minimum absolute atomic E-state index is 0.235. The molecule has 2 aromatic heterocycles. The SMILES string of the molecule is COc1ccc2nc(Nc3ccc(C)cc3)n3c(=O)n(-c4ccccc4)c(=O)n3c2c1. The maximum atomic E-state index is 13.4. The van der Waals surface area contributed by atoms with E-state index in [0.29, 0.717) is 22.5 Å². The van der Waals surface area contributed by atoms with E-state index in [0.717, 1.165) is 15.8 Å². The fourth-order valence-corrected chi connectivity index (χ4v) is 3.54. The average molecular weight is 413 g/mol.